The minimum absolute atomic E-state index is 0.103. The fourth-order valence-corrected chi connectivity index (χ4v) is 2.45. The summed E-state index contributed by atoms with van der Waals surface area (Å²) < 4.78 is 15.7. The van der Waals surface area contributed by atoms with E-state index in [9.17, 15) is 14.4 Å². The first-order valence-electron chi connectivity index (χ1n) is 7.57. The van der Waals surface area contributed by atoms with Gasteiger partial charge in [0.05, 0.1) is 13.2 Å². The predicted molar refractivity (Wildman–Crippen MR) is 76.0 cm³/mol. The van der Waals surface area contributed by atoms with Gasteiger partial charge in [-0.15, -0.1) is 0 Å². The maximum atomic E-state index is 12.1. The highest BCUT2D eigenvalue weighted by molar-refractivity contribution is 5.69. The molecule has 0 spiro atoms. The summed E-state index contributed by atoms with van der Waals surface area (Å²) in [4.78, 5) is 35.9. The zero-order valence-corrected chi connectivity index (χ0v) is 13.3. The Labute approximate surface area is 129 Å². The van der Waals surface area contributed by atoms with Crippen LogP contribution in [0.5, 0.6) is 0 Å². The van der Waals surface area contributed by atoms with E-state index in [0.717, 1.165) is 12.8 Å². The number of amides is 1. The second kappa shape index (κ2) is 6.54. The van der Waals surface area contributed by atoms with Crippen molar-refractivity contribution in [2.24, 2.45) is 5.92 Å². The third-order valence-electron chi connectivity index (χ3n) is 4.06. The summed E-state index contributed by atoms with van der Waals surface area (Å²) in [6.07, 6.45) is 1.51. The molecular formula is C15H23NO6. The summed E-state index contributed by atoms with van der Waals surface area (Å²) in [5, 5.41) is 0. The van der Waals surface area contributed by atoms with E-state index >= 15 is 0 Å². The van der Waals surface area contributed by atoms with Crippen molar-refractivity contribution in [3.63, 3.8) is 0 Å². The van der Waals surface area contributed by atoms with Crippen LogP contribution in [0.4, 0.5) is 4.79 Å². The average molecular weight is 313 g/mol. The van der Waals surface area contributed by atoms with Crippen LogP contribution in [0.15, 0.2) is 0 Å². The highest BCUT2D eigenvalue weighted by atomic mass is 16.6. The molecule has 1 aliphatic carbocycles. The molecule has 7 heteroatoms. The zero-order chi connectivity index (χ0) is 16.3. The molecule has 1 aliphatic heterocycles. The normalized spacial score (nSPS) is 26.0. The van der Waals surface area contributed by atoms with Gasteiger partial charge >= 0.3 is 18.0 Å². The first-order valence-corrected chi connectivity index (χ1v) is 7.57. The number of rotatable bonds is 4. The second-order valence-electron chi connectivity index (χ2n) is 6.26. The zero-order valence-electron chi connectivity index (χ0n) is 13.3. The number of nitrogens with zero attached hydrogens (tertiary/aromatic N) is 1. The van der Waals surface area contributed by atoms with Crippen molar-refractivity contribution in [2.75, 3.05) is 19.7 Å². The molecule has 0 aromatic heterocycles. The van der Waals surface area contributed by atoms with Gasteiger partial charge in [0.25, 0.3) is 0 Å². The minimum Gasteiger partial charge on any atom is -0.465 e. The Kier molecular flexibility index (Phi) is 4.93. The lowest BCUT2D eigenvalue weighted by atomic mass is 9.94. The van der Waals surface area contributed by atoms with Crippen LogP contribution in [0.1, 0.15) is 40.0 Å². The number of carbonyl (C=O) groups is 3. The van der Waals surface area contributed by atoms with Crippen LogP contribution in [-0.2, 0) is 23.8 Å². The molecule has 124 valence electrons. The molecule has 2 fully saturated rings. The van der Waals surface area contributed by atoms with Crippen molar-refractivity contribution in [3.05, 3.63) is 0 Å². The number of ether oxygens (including phenoxy) is 3. The summed E-state index contributed by atoms with van der Waals surface area (Å²) >= 11 is 0. The summed E-state index contributed by atoms with van der Waals surface area (Å²) in [7, 11) is 0. The highest BCUT2D eigenvalue weighted by Gasteiger charge is 2.44. The van der Waals surface area contributed by atoms with Gasteiger partial charge in [-0.2, -0.15) is 0 Å². The smallest absolute Gasteiger partial charge is 0.410 e. The van der Waals surface area contributed by atoms with Gasteiger partial charge in [-0.25, -0.2) is 4.79 Å². The number of hydrogen-bond acceptors (Lipinski definition) is 6. The van der Waals surface area contributed by atoms with Crippen molar-refractivity contribution in [2.45, 2.75) is 51.7 Å². The maximum Gasteiger partial charge on any atom is 0.410 e. The van der Waals surface area contributed by atoms with Crippen molar-refractivity contribution >= 4 is 18.0 Å². The lowest BCUT2D eigenvalue weighted by Crippen LogP contribution is -2.50. The molecule has 0 aromatic carbocycles. The number of hydrogen-bond donors (Lipinski definition) is 0. The molecule has 2 rings (SSSR count). The fraction of sp³-hybridized carbons (Fsp3) is 0.800. The molecule has 1 saturated heterocycles. The molecule has 0 radical (unpaired) electrons. The molecule has 1 heterocycles. The Bertz CT molecular complexity index is 459. The minimum atomic E-state index is -0.481. The maximum absolute atomic E-state index is 12.1. The largest absolute Gasteiger partial charge is 0.465 e. The molecule has 2 atom stereocenters. The molecular weight excluding hydrogens is 290 g/mol. The quantitative estimate of drug-likeness (QED) is 0.578. The van der Waals surface area contributed by atoms with Gasteiger partial charge in [-0.3, -0.25) is 9.59 Å². The van der Waals surface area contributed by atoms with Gasteiger partial charge in [0, 0.05) is 26.3 Å². The Morgan fingerprint density at radius 1 is 1.18 bits per heavy atom. The van der Waals surface area contributed by atoms with E-state index in [2.05, 4.69) is 0 Å². The fourth-order valence-electron chi connectivity index (χ4n) is 2.45. The molecule has 0 aromatic rings. The van der Waals surface area contributed by atoms with Crippen LogP contribution in [0.2, 0.25) is 0 Å². The van der Waals surface area contributed by atoms with Gasteiger partial charge in [0.1, 0.15) is 11.7 Å². The van der Waals surface area contributed by atoms with E-state index in [1.807, 2.05) is 6.92 Å². The van der Waals surface area contributed by atoms with E-state index in [1.165, 1.54) is 13.8 Å². The number of carbonyl (C=O) groups excluding carboxylic acids is 3. The van der Waals surface area contributed by atoms with Crippen LogP contribution < -0.4 is 0 Å². The van der Waals surface area contributed by atoms with Gasteiger partial charge in [0.2, 0.25) is 0 Å². The van der Waals surface area contributed by atoms with Crippen molar-refractivity contribution in [1.29, 1.82) is 0 Å². The third kappa shape index (κ3) is 4.61. The number of likely N-dealkylation sites (tertiary alicyclic amines) is 1. The highest BCUT2D eigenvalue weighted by Crippen LogP contribution is 2.39. The summed E-state index contributed by atoms with van der Waals surface area (Å²) in [6.45, 7) is 5.52. The van der Waals surface area contributed by atoms with E-state index in [4.69, 9.17) is 14.2 Å². The lowest BCUT2D eigenvalue weighted by molar-refractivity contribution is -0.156. The predicted octanol–water partition coefficient (Wildman–Crippen LogP) is 1.49. The van der Waals surface area contributed by atoms with Crippen molar-refractivity contribution in [3.8, 4) is 0 Å². The molecule has 0 N–H and O–H groups in total. The average Bonchev–Trinajstić information content (AvgIpc) is 3.13. The standard InChI is InChI=1S/C15H23NO6/c1-10(17)20-9-12-4-7-16(8-13(12)21-11(2)18)14(19)22-15(3)5-6-15/h12-13H,4-9H2,1-3H3/t12-,13-/m0/s1. The molecule has 0 bridgehead atoms. The lowest BCUT2D eigenvalue weighted by Gasteiger charge is -2.37. The topological polar surface area (TPSA) is 82.1 Å². The molecule has 2 aliphatic rings. The molecule has 1 amide bonds. The van der Waals surface area contributed by atoms with Crippen LogP contribution in [0.25, 0.3) is 0 Å². The first-order chi connectivity index (χ1) is 10.3. The van der Waals surface area contributed by atoms with Crippen LogP contribution in [-0.4, -0.2) is 54.3 Å². The molecule has 1 saturated carbocycles. The Morgan fingerprint density at radius 3 is 2.41 bits per heavy atom. The Morgan fingerprint density at radius 2 is 1.86 bits per heavy atom. The van der Waals surface area contributed by atoms with Gasteiger partial charge in [0.15, 0.2) is 0 Å². The summed E-state index contributed by atoms with van der Waals surface area (Å²) in [6, 6.07) is 0. The van der Waals surface area contributed by atoms with Gasteiger partial charge in [-0.05, 0) is 26.2 Å². The summed E-state index contributed by atoms with van der Waals surface area (Å²) in [5.41, 5.74) is -0.331. The van der Waals surface area contributed by atoms with Crippen LogP contribution >= 0.6 is 0 Å². The third-order valence-corrected chi connectivity index (χ3v) is 4.06. The molecule has 22 heavy (non-hydrogen) atoms. The van der Waals surface area contributed by atoms with Crippen molar-refractivity contribution < 1.29 is 28.6 Å². The van der Waals surface area contributed by atoms with E-state index in [0.29, 0.717) is 13.0 Å². The van der Waals surface area contributed by atoms with E-state index < -0.39 is 12.1 Å². The summed E-state index contributed by atoms with van der Waals surface area (Å²) in [5.74, 6) is -0.888. The Hall–Kier alpha value is -1.79. The second-order valence-corrected chi connectivity index (χ2v) is 6.26. The van der Waals surface area contributed by atoms with Crippen LogP contribution in [0.3, 0.4) is 0 Å². The molecule has 7 nitrogen and oxygen atoms in total. The van der Waals surface area contributed by atoms with E-state index in [-0.39, 0.29) is 36.7 Å². The number of piperidine rings is 1. The molecule has 0 unspecified atom stereocenters. The monoisotopic (exact) mass is 313 g/mol. The first kappa shape index (κ1) is 16.6. The van der Waals surface area contributed by atoms with Gasteiger partial charge in [-0.1, -0.05) is 0 Å². The number of esters is 2. The van der Waals surface area contributed by atoms with Gasteiger partial charge < -0.3 is 19.1 Å². The Balaban J connectivity index is 1.93. The van der Waals surface area contributed by atoms with Crippen LogP contribution in [0, 0.1) is 5.92 Å². The van der Waals surface area contributed by atoms with Crippen molar-refractivity contribution in [1.82, 2.24) is 4.90 Å². The SMILES string of the molecule is CC(=O)OC[C@@H]1CCN(C(=O)OC2(C)CC2)C[C@@H]1OC(C)=O. The van der Waals surface area contributed by atoms with E-state index in [1.54, 1.807) is 4.90 Å².